The number of nitrogen functional groups attached to an aromatic ring is 1. The summed E-state index contributed by atoms with van der Waals surface area (Å²) in [5.74, 6) is 0.0197. The van der Waals surface area contributed by atoms with E-state index in [-0.39, 0.29) is 5.91 Å². The Morgan fingerprint density at radius 1 is 1.35 bits per heavy atom. The van der Waals surface area contributed by atoms with E-state index in [1.807, 2.05) is 19.1 Å². The number of amides is 1. The lowest BCUT2D eigenvalue weighted by atomic mass is 9.97. The second kappa shape index (κ2) is 5.44. The highest BCUT2D eigenvalue weighted by molar-refractivity contribution is 5.96. The fraction of sp³-hybridized carbons (Fsp3) is 0.562. The van der Waals surface area contributed by atoms with E-state index in [0.29, 0.717) is 23.3 Å². The first-order valence-corrected chi connectivity index (χ1v) is 7.54. The lowest BCUT2D eigenvalue weighted by Gasteiger charge is -2.35. The summed E-state index contributed by atoms with van der Waals surface area (Å²) >= 11 is 0. The second-order valence-corrected chi connectivity index (χ2v) is 6.10. The van der Waals surface area contributed by atoms with E-state index in [0.717, 1.165) is 24.9 Å². The fourth-order valence-electron chi connectivity index (χ4n) is 3.50. The van der Waals surface area contributed by atoms with Crippen molar-refractivity contribution in [2.45, 2.75) is 44.7 Å². The van der Waals surface area contributed by atoms with Gasteiger partial charge in [0.1, 0.15) is 0 Å². The van der Waals surface area contributed by atoms with Crippen LogP contribution in [0.2, 0.25) is 0 Å². The maximum Gasteiger partial charge on any atom is 0.251 e. The number of nitrogens with one attached hydrogen (secondary N) is 1. The van der Waals surface area contributed by atoms with Crippen molar-refractivity contribution in [2.24, 2.45) is 0 Å². The van der Waals surface area contributed by atoms with Gasteiger partial charge in [-0.3, -0.25) is 4.79 Å². The van der Waals surface area contributed by atoms with Crippen LogP contribution < -0.4 is 11.1 Å². The monoisotopic (exact) mass is 273 g/mol. The molecule has 108 valence electrons. The van der Waals surface area contributed by atoms with Crippen molar-refractivity contribution in [1.82, 2.24) is 10.2 Å². The smallest absolute Gasteiger partial charge is 0.251 e. The maximum atomic E-state index is 12.4. The van der Waals surface area contributed by atoms with Crippen molar-refractivity contribution in [3.8, 4) is 0 Å². The van der Waals surface area contributed by atoms with Gasteiger partial charge in [-0.15, -0.1) is 0 Å². The number of rotatable bonds is 2. The number of fused-ring (bicyclic) bond motifs is 1. The predicted octanol–water partition coefficient (Wildman–Crippen LogP) is 1.93. The van der Waals surface area contributed by atoms with Gasteiger partial charge in [0.2, 0.25) is 0 Å². The first kappa shape index (κ1) is 13.4. The highest BCUT2D eigenvalue weighted by Crippen LogP contribution is 2.27. The predicted molar refractivity (Wildman–Crippen MR) is 80.7 cm³/mol. The van der Waals surface area contributed by atoms with Gasteiger partial charge in [0.25, 0.3) is 5.91 Å². The van der Waals surface area contributed by atoms with Crippen LogP contribution in [0.1, 0.15) is 41.6 Å². The Bertz CT molecular complexity index is 514. The molecule has 2 aliphatic rings. The molecule has 2 atom stereocenters. The third-order valence-electron chi connectivity index (χ3n) is 4.66. The Morgan fingerprint density at radius 3 is 3.05 bits per heavy atom. The average Bonchev–Trinajstić information content (AvgIpc) is 2.89. The first-order valence-electron chi connectivity index (χ1n) is 7.54. The molecule has 4 nitrogen and oxygen atoms in total. The molecule has 0 spiro atoms. The zero-order valence-electron chi connectivity index (χ0n) is 12.1. The number of nitrogens with two attached hydrogens (primary N) is 1. The molecule has 0 aliphatic carbocycles. The number of hydrogen-bond acceptors (Lipinski definition) is 3. The molecule has 3 rings (SSSR count). The van der Waals surface area contributed by atoms with Gasteiger partial charge in [-0.1, -0.05) is 6.07 Å². The topological polar surface area (TPSA) is 58.4 Å². The zero-order valence-corrected chi connectivity index (χ0v) is 12.1. The van der Waals surface area contributed by atoms with E-state index in [1.54, 1.807) is 6.07 Å². The van der Waals surface area contributed by atoms with Gasteiger partial charge in [0.15, 0.2) is 0 Å². The van der Waals surface area contributed by atoms with Crippen LogP contribution in [0, 0.1) is 6.92 Å². The van der Waals surface area contributed by atoms with Gasteiger partial charge in [-0.2, -0.15) is 0 Å². The minimum atomic E-state index is 0.0197. The van der Waals surface area contributed by atoms with Gasteiger partial charge in [-0.05, 0) is 56.8 Å². The number of carbonyl (C=O) groups excluding carboxylic acids is 1. The summed E-state index contributed by atoms with van der Waals surface area (Å²) < 4.78 is 0. The molecule has 0 saturated carbocycles. The van der Waals surface area contributed by atoms with Crippen LogP contribution in [0.3, 0.4) is 0 Å². The van der Waals surface area contributed by atoms with Gasteiger partial charge >= 0.3 is 0 Å². The molecule has 1 amide bonds. The summed E-state index contributed by atoms with van der Waals surface area (Å²) in [7, 11) is 0. The highest BCUT2D eigenvalue weighted by atomic mass is 16.1. The zero-order chi connectivity index (χ0) is 14.1. The summed E-state index contributed by atoms with van der Waals surface area (Å²) in [5, 5.41) is 3.19. The summed E-state index contributed by atoms with van der Waals surface area (Å²) in [5.41, 5.74) is 8.12. The number of carbonyl (C=O) groups is 1. The normalized spacial score (nSPS) is 26.2. The molecule has 2 heterocycles. The van der Waals surface area contributed by atoms with Crippen molar-refractivity contribution in [2.75, 3.05) is 18.8 Å². The summed E-state index contributed by atoms with van der Waals surface area (Å²) in [6.07, 6.45) is 4.74. The van der Waals surface area contributed by atoms with Crippen LogP contribution in [0.5, 0.6) is 0 Å². The Kier molecular flexibility index (Phi) is 3.66. The van der Waals surface area contributed by atoms with Crippen LogP contribution in [0.15, 0.2) is 18.2 Å². The van der Waals surface area contributed by atoms with Crippen LogP contribution >= 0.6 is 0 Å². The Balaban J connectivity index is 1.65. The molecule has 2 aliphatic heterocycles. The Labute approximate surface area is 120 Å². The largest absolute Gasteiger partial charge is 0.399 e. The Hall–Kier alpha value is -1.55. The van der Waals surface area contributed by atoms with E-state index < -0.39 is 0 Å². The standard InChI is InChI=1S/C16H23N3O/c1-11-4-5-12(17)9-15(11)16(20)18-13-6-8-19-7-2-3-14(19)10-13/h4-5,9,13-14H,2-3,6-8,10,17H2,1H3,(H,18,20). The molecule has 2 saturated heterocycles. The van der Waals surface area contributed by atoms with E-state index in [2.05, 4.69) is 10.2 Å². The van der Waals surface area contributed by atoms with Crippen molar-refractivity contribution in [1.29, 1.82) is 0 Å². The Morgan fingerprint density at radius 2 is 2.20 bits per heavy atom. The minimum Gasteiger partial charge on any atom is -0.399 e. The van der Waals surface area contributed by atoms with Crippen LogP contribution in [-0.2, 0) is 0 Å². The van der Waals surface area contributed by atoms with Gasteiger partial charge in [0.05, 0.1) is 0 Å². The van der Waals surface area contributed by atoms with Crippen LogP contribution in [0.4, 0.5) is 5.69 Å². The summed E-state index contributed by atoms with van der Waals surface area (Å²) in [6.45, 7) is 4.30. The molecule has 2 unspecified atom stereocenters. The molecule has 3 N–H and O–H groups in total. The van der Waals surface area contributed by atoms with Crippen LogP contribution in [-0.4, -0.2) is 36.0 Å². The third-order valence-corrected chi connectivity index (χ3v) is 4.66. The number of benzene rings is 1. The maximum absolute atomic E-state index is 12.4. The number of piperidine rings is 1. The second-order valence-electron chi connectivity index (χ2n) is 6.10. The van der Waals surface area contributed by atoms with Crippen molar-refractivity contribution in [3.05, 3.63) is 29.3 Å². The fourth-order valence-corrected chi connectivity index (χ4v) is 3.50. The van der Waals surface area contributed by atoms with Crippen LogP contribution in [0.25, 0.3) is 0 Å². The molecule has 0 bridgehead atoms. The number of hydrogen-bond donors (Lipinski definition) is 2. The average molecular weight is 273 g/mol. The SMILES string of the molecule is Cc1ccc(N)cc1C(=O)NC1CCN2CCCC2C1. The number of nitrogens with zero attached hydrogens (tertiary/aromatic N) is 1. The number of aryl methyl sites for hydroxylation is 1. The molecule has 20 heavy (non-hydrogen) atoms. The quantitative estimate of drug-likeness (QED) is 0.810. The van der Waals surface area contributed by atoms with E-state index in [9.17, 15) is 4.79 Å². The molecular formula is C16H23N3O. The molecule has 0 aromatic heterocycles. The van der Waals surface area contributed by atoms with Gasteiger partial charge in [0, 0.05) is 29.9 Å². The molecule has 4 heteroatoms. The molecular weight excluding hydrogens is 250 g/mol. The molecule has 1 aromatic rings. The van der Waals surface area contributed by atoms with Crippen molar-refractivity contribution < 1.29 is 4.79 Å². The third kappa shape index (κ3) is 2.66. The summed E-state index contributed by atoms with van der Waals surface area (Å²) in [4.78, 5) is 15.0. The van der Waals surface area contributed by atoms with E-state index in [4.69, 9.17) is 5.73 Å². The highest BCUT2D eigenvalue weighted by Gasteiger charge is 2.32. The van der Waals surface area contributed by atoms with Crippen molar-refractivity contribution >= 4 is 11.6 Å². The molecule has 0 radical (unpaired) electrons. The van der Waals surface area contributed by atoms with Gasteiger partial charge < -0.3 is 16.0 Å². The lowest BCUT2D eigenvalue weighted by molar-refractivity contribution is 0.0895. The molecule has 1 aromatic carbocycles. The minimum absolute atomic E-state index is 0.0197. The summed E-state index contributed by atoms with van der Waals surface area (Å²) in [6, 6.07) is 6.50. The lowest BCUT2D eigenvalue weighted by Crippen LogP contribution is -2.47. The van der Waals surface area contributed by atoms with Crippen molar-refractivity contribution in [3.63, 3.8) is 0 Å². The first-order chi connectivity index (χ1) is 9.63. The molecule has 2 fully saturated rings. The van der Waals surface area contributed by atoms with Gasteiger partial charge in [-0.25, -0.2) is 0 Å². The van der Waals surface area contributed by atoms with E-state index >= 15 is 0 Å². The number of anilines is 1. The van der Waals surface area contributed by atoms with E-state index in [1.165, 1.54) is 19.4 Å².